The summed E-state index contributed by atoms with van der Waals surface area (Å²) in [5.41, 5.74) is 6.50. The molecule has 0 radical (unpaired) electrons. The van der Waals surface area contributed by atoms with Crippen molar-refractivity contribution in [3.05, 3.63) is 113 Å². The van der Waals surface area contributed by atoms with Crippen LogP contribution < -0.4 is 19.5 Å². The van der Waals surface area contributed by atoms with Gasteiger partial charge in [0.25, 0.3) is 0 Å². The average Bonchev–Trinajstić information content (AvgIpc) is 3.51. The third kappa shape index (κ3) is 4.08. The highest BCUT2D eigenvalue weighted by Crippen LogP contribution is 2.42. The highest BCUT2D eigenvalue weighted by molar-refractivity contribution is 5.86. The lowest BCUT2D eigenvalue weighted by atomic mass is 9.93. The summed E-state index contributed by atoms with van der Waals surface area (Å²) in [6.45, 7) is 0.300. The Hall–Kier alpha value is -4.65. The van der Waals surface area contributed by atoms with E-state index in [1.165, 1.54) is 16.6 Å². The first kappa shape index (κ1) is 22.8. The Kier molecular flexibility index (Phi) is 5.81. The number of H-pyrrole nitrogens is 1. The second kappa shape index (κ2) is 9.43. The molecule has 7 nitrogen and oxygen atoms in total. The minimum absolute atomic E-state index is 0.0421. The van der Waals surface area contributed by atoms with E-state index < -0.39 is 6.09 Å². The van der Waals surface area contributed by atoms with Gasteiger partial charge in [-0.3, -0.25) is 0 Å². The number of hydrogen-bond acceptors (Lipinski definition) is 4. The van der Waals surface area contributed by atoms with Gasteiger partial charge in [0.15, 0.2) is 17.2 Å². The number of nitrogens with zero attached hydrogens (tertiary/aromatic N) is 1. The van der Waals surface area contributed by atoms with Gasteiger partial charge in [0.1, 0.15) is 0 Å². The molecule has 0 saturated heterocycles. The molecule has 3 heterocycles. The molecule has 1 aliphatic rings. The molecule has 0 saturated carbocycles. The molecule has 2 N–H and O–H groups in total. The molecule has 186 valence electrons. The van der Waals surface area contributed by atoms with E-state index in [0.29, 0.717) is 30.2 Å². The van der Waals surface area contributed by atoms with E-state index in [-0.39, 0.29) is 6.04 Å². The summed E-state index contributed by atoms with van der Waals surface area (Å²) in [6, 6.07) is 26.1. The molecular weight excluding hydrogens is 466 g/mol. The van der Waals surface area contributed by atoms with Gasteiger partial charge in [-0.15, -0.1) is 0 Å². The van der Waals surface area contributed by atoms with Crippen molar-refractivity contribution < 1.29 is 19.0 Å². The summed E-state index contributed by atoms with van der Waals surface area (Å²) in [6.07, 6.45) is 2.15. The number of carbonyl (C=O) groups excluding carboxylic acids is 1. The molecule has 37 heavy (non-hydrogen) atoms. The Bertz CT molecular complexity index is 1590. The van der Waals surface area contributed by atoms with Gasteiger partial charge in [-0.25, -0.2) is 4.79 Å². The van der Waals surface area contributed by atoms with Crippen LogP contribution in [0, 0.1) is 0 Å². The van der Waals surface area contributed by atoms with E-state index in [4.69, 9.17) is 14.2 Å². The van der Waals surface area contributed by atoms with E-state index in [1.807, 2.05) is 42.6 Å². The van der Waals surface area contributed by atoms with Crippen molar-refractivity contribution in [2.45, 2.75) is 19.0 Å². The van der Waals surface area contributed by atoms with Gasteiger partial charge < -0.3 is 29.1 Å². The predicted octanol–water partition coefficient (Wildman–Crippen LogP) is 5.82. The first-order chi connectivity index (χ1) is 18.2. The van der Waals surface area contributed by atoms with E-state index in [1.54, 1.807) is 14.2 Å². The van der Waals surface area contributed by atoms with Crippen molar-refractivity contribution in [1.29, 1.82) is 0 Å². The van der Waals surface area contributed by atoms with Crippen molar-refractivity contribution >= 4 is 17.0 Å². The summed E-state index contributed by atoms with van der Waals surface area (Å²) in [7, 11) is 3.18. The summed E-state index contributed by atoms with van der Waals surface area (Å²) in [4.78, 5) is 16.5. The smallest absolute Gasteiger partial charge is 0.412 e. The zero-order valence-corrected chi connectivity index (χ0v) is 20.7. The third-order valence-corrected chi connectivity index (χ3v) is 6.93. The fraction of sp³-hybridized carbons (Fsp3) is 0.167. The molecule has 2 aromatic heterocycles. The van der Waals surface area contributed by atoms with Gasteiger partial charge in [0.2, 0.25) is 0 Å². The van der Waals surface area contributed by atoms with Gasteiger partial charge in [0, 0.05) is 35.8 Å². The van der Waals surface area contributed by atoms with E-state index in [2.05, 4.69) is 57.3 Å². The SMILES string of the molecule is COc1ccc(CNC(=O)Oc2ccn3c2Cc2c([nH]c4ccccc24)C3c2ccccc2)cc1OC. The minimum Gasteiger partial charge on any atom is -0.493 e. The van der Waals surface area contributed by atoms with Gasteiger partial charge in [-0.05, 0) is 41.0 Å². The Balaban J connectivity index is 1.28. The van der Waals surface area contributed by atoms with Crippen LogP contribution in [0.3, 0.4) is 0 Å². The molecule has 0 fully saturated rings. The maximum absolute atomic E-state index is 12.8. The molecule has 0 spiro atoms. The Morgan fingerprint density at radius 2 is 1.73 bits per heavy atom. The molecule has 3 aromatic carbocycles. The number of fused-ring (bicyclic) bond motifs is 4. The highest BCUT2D eigenvalue weighted by atomic mass is 16.6. The number of ether oxygens (including phenoxy) is 3. The molecule has 0 bridgehead atoms. The monoisotopic (exact) mass is 493 g/mol. The first-order valence-electron chi connectivity index (χ1n) is 12.2. The molecule has 1 atom stereocenters. The zero-order valence-electron chi connectivity index (χ0n) is 20.7. The Morgan fingerprint density at radius 1 is 0.946 bits per heavy atom. The number of aromatic nitrogens is 2. The molecule has 6 rings (SSSR count). The number of hydrogen-bond donors (Lipinski definition) is 2. The number of rotatable bonds is 6. The minimum atomic E-state index is -0.509. The highest BCUT2D eigenvalue weighted by Gasteiger charge is 2.32. The van der Waals surface area contributed by atoms with E-state index >= 15 is 0 Å². The van der Waals surface area contributed by atoms with Crippen LogP contribution in [0.1, 0.15) is 34.1 Å². The van der Waals surface area contributed by atoms with Crippen LogP contribution in [0.15, 0.2) is 85.1 Å². The van der Waals surface area contributed by atoms with Gasteiger partial charge in [0.05, 0.1) is 26.0 Å². The number of carbonyl (C=O) groups is 1. The average molecular weight is 494 g/mol. The summed E-state index contributed by atoms with van der Waals surface area (Å²) >= 11 is 0. The maximum atomic E-state index is 12.8. The first-order valence-corrected chi connectivity index (χ1v) is 12.2. The molecule has 1 amide bonds. The second-order valence-electron chi connectivity index (χ2n) is 9.02. The lowest BCUT2D eigenvalue weighted by molar-refractivity contribution is 0.199. The van der Waals surface area contributed by atoms with Crippen molar-refractivity contribution in [2.75, 3.05) is 14.2 Å². The van der Waals surface area contributed by atoms with Crippen LogP contribution in [-0.4, -0.2) is 29.9 Å². The molecular formula is C30H27N3O4. The Morgan fingerprint density at radius 3 is 2.54 bits per heavy atom. The molecule has 5 aromatic rings. The largest absolute Gasteiger partial charge is 0.493 e. The number of para-hydroxylation sites is 1. The standard InChI is InChI=1S/C30H27N3O4/c1-35-26-13-12-19(16-27(26)36-2)18-31-30(34)37-25-14-15-33-24(25)17-22-21-10-6-7-11-23(21)32-28(22)29(33)20-8-4-3-5-9-20/h3-16,29,32H,17-18H2,1-2H3,(H,31,34). The van der Waals surface area contributed by atoms with Crippen molar-refractivity contribution in [2.24, 2.45) is 0 Å². The molecule has 1 unspecified atom stereocenters. The summed E-state index contributed by atoms with van der Waals surface area (Å²) in [5, 5.41) is 4.04. The van der Waals surface area contributed by atoms with Crippen LogP contribution in [0.5, 0.6) is 17.2 Å². The lowest BCUT2D eigenvalue weighted by Crippen LogP contribution is -2.27. The predicted molar refractivity (Wildman–Crippen MR) is 142 cm³/mol. The normalized spacial score (nSPS) is 14.1. The van der Waals surface area contributed by atoms with Gasteiger partial charge in [-0.1, -0.05) is 54.6 Å². The molecule has 0 aliphatic carbocycles. The number of nitrogens with one attached hydrogen (secondary N) is 2. The summed E-state index contributed by atoms with van der Waals surface area (Å²) < 4.78 is 18.7. The Labute approximate surface area is 214 Å². The van der Waals surface area contributed by atoms with Gasteiger partial charge >= 0.3 is 6.09 Å². The zero-order chi connectivity index (χ0) is 25.4. The van der Waals surface area contributed by atoms with Crippen molar-refractivity contribution in [3.63, 3.8) is 0 Å². The summed E-state index contributed by atoms with van der Waals surface area (Å²) in [5.74, 6) is 1.80. The van der Waals surface area contributed by atoms with Crippen LogP contribution in [0.25, 0.3) is 10.9 Å². The van der Waals surface area contributed by atoms with Crippen LogP contribution in [-0.2, 0) is 13.0 Å². The van der Waals surface area contributed by atoms with Crippen LogP contribution in [0.4, 0.5) is 4.79 Å². The number of benzene rings is 3. The number of methoxy groups -OCH3 is 2. The fourth-order valence-electron chi connectivity index (χ4n) is 5.19. The second-order valence-corrected chi connectivity index (χ2v) is 9.02. The topological polar surface area (TPSA) is 77.5 Å². The van der Waals surface area contributed by atoms with Crippen molar-refractivity contribution in [3.8, 4) is 17.2 Å². The van der Waals surface area contributed by atoms with E-state index in [0.717, 1.165) is 22.3 Å². The number of amides is 1. The molecule has 7 heteroatoms. The quantitative estimate of drug-likeness (QED) is 0.307. The van der Waals surface area contributed by atoms with Gasteiger partial charge in [-0.2, -0.15) is 0 Å². The molecule has 1 aliphatic heterocycles. The van der Waals surface area contributed by atoms with Crippen LogP contribution in [0.2, 0.25) is 0 Å². The van der Waals surface area contributed by atoms with E-state index in [9.17, 15) is 4.79 Å². The third-order valence-electron chi connectivity index (χ3n) is 6.93. The maximum Gasteiger partial charge on any atom is 0.412 e. The van der Waals surface area contributed by atoms with Crippen molar-refractivity contribution in [1.82, 2.24) is 14.9 Å². The fourth-order valence-corrected chi connectivity index (χ4v) is 5.19. The van der Waals surface area contributed by atoms with Crippen LogP contribution >= 0.6 is 0 Å². The number of aromatic amines is 1. The lowest BCUT2D eigenvalue weighted by Gasteiger charge is -2.28.